The van der Waals surface area contributed by atoms with Crippen LogP contribution in [0.5, 0.6) is 0 Å². The number of aromatic amines is 1. The van der Waals surface area contributed by atoms with Crippen LogP contribution in [-0.2, 0) is 6.54 Å². The molecule has 0 spiro atoms. The summed E-state index contributed by atoms with van der Waals surface area (Å²) in [6.45, 7) is 6.54. The number of anilines is 2. The summed E-state index contributed by atoms with van der Waals surface area (Å²) in [6, 6.07) is 1.39. The number of rotatable bonds is 8. The van der Waals surface area contributed by atoms with Gasteiger partial charge in [-0.2, -0.15) is 0 Å². The average molecular weight is 442 g/mol. The van der Waals surface area contributed by atoms with Crippen molar-refractivity contribution in [1.29, 1.82) is 0 Å². The molecule has 0 aliphatic heterocycles. The number of halogens is 2. The molecule has 2 aromatic heterocycles. The molecule has 0 bridgehead atoms. The number of carbonyl (C=O) groups excluding carboxylic acids is 1. The molecule has 0 radical (unpaired) electrons. The minimum absolute atomic E-state index is 0.0441. The van der Waals surface area contributed by atoms with E-state index < -0.39 is 17.2 Å². The van der Waals surface area contributed by atoms with Gasteiger partial charge in [-0.05, 0) is 24.8 Å². The predicted octanol–water partition coefficient (Wildman–Crippen LogP) is 3.31. The average Bonchev–Trinajstić information content (AvgIpc) is 2.65. The highest BCUT2D eigenvalue weighted by Crippen LogP contribution is 2.24. The van der Waals surface area contributed by atoms with Crippen molar-refractivity contribution in [1.82, 2.24) is 14.5 Å². The van der Waals surface area contributed by atoms with Crippen LogP contribution >= 0.6 is 23.2 Å². The third-order valence-corrected chi connectivity index (χ3v) is 5.12. The van der Waals surface area contributed by atoms with E-state index in [1.165, 1.54) is 21.7 Å². The van der Waals surface area contributed by atoms with Gasteiger partial charge in [0.15, 0.2) is 5.69 Å². The normalized spacial score (nSPS) is 11.1. The fourth-order valence-corrected chi connectivity index (χ4v) is 3.04. The van der Waals surface area contributed by atoms with Crippen LogP contribution in [0, 0.1) is 5.92 Å². The molecule has 29 heavy (non-hydrogen) atoms. The van der Waals surface area contributed by atoms with Gasteiger partial charge < -0.3 is 10.6 Å². The van der Waals surface area contributed by atoms with Gasteiger partial charge in [0.1, 0.15) is 11.0 Å². The first-order chi connectivity index (χ1) is 13.7. The van der Waals surface area contributed by atoms with Crippen molar-refractivity contribution >= 4 is 40.6 Å². The molecule has 1 amide bonds. The molecular weight excluding hydrogens is 417 g/mol. The molecule has 0 aromatic carbocycles. The minimum Gasteiger partial charge on any atom is -0.383 e. The van der Waals surface area contributed by atoms with Crippen LogP contribution in [-0.4, -0.2) is 27.0 Å². The zero-order chi connectivity index (χ0) is 21.7. The molecule has 0 aliphatic rings. The monoisotopic (exact) mass is 441 g/mol. The van der Waals surface area contributed by atoms with Gasteiger partial charge in [0.2, 0.25) is 0 Å². The lowest BCUT2D eigenvalue weighted by Crippen LogP contribution is -2.42. The summed E-state index contributed by atoms with van der Waals surface area (Å²) in [5.41, 5.74) is 4.97. The SMILES string of the molecule is CCCCn1c(N)c(N(CCC(C)C)C(=O)c2cnc(Cl)c(Cl)c2)c(=O)[nH]c1=O. The first-order valence-electron chi connectivity index (χ1n) is 9.42. The van der Waals surface area contributed by atoms with Crippen LogP contribution in [0.4, 0.5) is 11.5 Å². The van der Waals surface area contributed by atoms with Gasteiger partial charge in [-0.15, -0.1) is 0 Å². The van der Waals surface area contributed by atoms with Crippen LogP contribution in [0.15, 0.2) is 21.9 Å². The van der Waals surface area contributed by atoms with E-state index in [1.54, 1.807) is 0 Å². The Morgan fingerprint density at radius 1 is 1.34 bits per heavy atom. The van der Waals surface area contributed by atoms with Crippen molar-refractivity contribution in [2.24, 2.45) is 5.92 Å². The van der Waals surface area contributed by atoms with Crippen LogP contribution in [0.1, 0.15) is 50.4 Å². The highest BCUT2D eigenvalue weighted by molar-refractivity contribution is 6.41. The summed E-state index contributed by atoms with van der Waals surface area (Å²) in [4.78, 5) is 45.5. The van der Waals surface area contributed by atoms with Crippen molar-refractivity contribution in [2.45, 2.75) is 46.6 Å². The van der Waals surface area contributed by atoms with Gasteiger partial charge in [0.05, 0.1) is 10.6 Å². The molecular formula is C19H25Cl2N5O3. The second-order valence-electron chi connectivity index (χ2n) is 7.13. The molecule has 2 heterocycles. The zero-order valence-corrected chi connectivity index (χ0v) is 18.2. The number of unbranched alkanes of at least 4 members (excludes halogenated alkanes) is 1. The Bertz CT molecular complexity index is 1000. The van der Waals surface area contributed by atoms with Crippen molar-refractivity contribution in [2.75, 3.05) is 17.2 Å². The van der Waals surface area contributed by atoms with Gasteiger partial charge >= 0.3 is 5.69 Å². The van der Waals surface area contributed by atoms with Crippen LogP contribution in [0.2, 0.25) is 10.2 Å². The van der Waals surface area contributed by atoms with E-state index in [1.807, 2.05) is 20.8 Å². The summed E-state index contributed by atoms with van der Waals surface area (Å²) in [5.74, 6) is -0.282. The second kappa shape index (κ2) is 9.93. The van der Waals surface area contributed by atoms with Crippen LogP contribution in [0.25, 0.3) is 0 Å². The summed E-state index contributed by atoms with van der Waals surface area (Å²) in [7, 11) is 0. The largest absolute Gasteiger partial charge is 0.383 e. The standard InChI is InChI=1S/C19H25Cl2N5O3/c1-4-5-7-26-16(22)14(17(27)24-19(26)29)25(8-6-11(2)3)18(28)12-9-13(20)15(21)23-10-12/h9-11H,4-8,22H2,1-3H3,(H,24,27,29). The molecule has 2 rings (SSSR count). The Morgan fingerprint density at radius 3 is 2.62 bits per heavy atom. The summed E-state index contributed by atoms with van der Waals surface area (Å²) in [6.07, 6.45) is 3.45. The van der Waals surface area contributed by atoms with E-state index >= 15 is 0 Å². The fraction of sp³-hybridized carbons (Fsp3) is 0.474. The van der Waals surface area contributed by atoms with Gasteiger partial charge in [0, 0.05) is 19.3 Å². The molecule has 0 atom stereocenters. The van der Waals surface area contributed by atoms with Crippen molar-refractivity contribution < 1.29 is 4.79 Å². The molecule has 158 valence electrons. The predicted molar refractivity (Wildman–Crippen MR) is 116 cm³/mol. The lowest BCUT2D eigenvalue weighted by molar-refractivity contribution is 0.0985. The van der Waals surface area contributed by atoms with E-state index in [0.29, 0.717) is 19.4 Å². The van der Waals surface area contributed by atoms with Gasteiger partial charge in [-0.1, -0.05) is 50.4 Å². The van der Waals surface area contributed by atoms with Gasteiger partial charge in [0.25, 0.3) is 11.5 Å². The molecule has 2 aromatic rings. The van der Waals surface area contributed by atoms with E-state index in [2.05, 4.69) is 9.97 Å². The first kappa shape index (κ1) is 23.0. The van der Waals surface area contributed by atoms with E-state index in [0.717, 1.165) is 6.42 Å². The van der Waals surface area contributed by atoms with E-state index in [9.17, 15) is 14.4 Å². The first-order valence-corrected chi connectivity index (χ1v) is 10.2. The Hall–Kier alpha value is -2.32. The van der Waals surface area contributed by atoms with E-state index in [4.69, 9.17) is 28.9 Å². The maximum atomic E-state index is 13.2. The third-order valence-electron chi connectivity index (χ3n) is 4.44. The maximum absolute atomic E-state index is 13.2. The Kier molecular flexibility index (Phi) is 7.87. The molecule has 8 nitrogen and oxygen atoms in total. The Labute approximate surface area is 178 Å². The number of pyridine rings is 1. The second-order valence-corrected chi connectivity index (χ2v) is 7.90. The summed E-state index contributed by atoms with van der Waals surface area (Å²) >= 11 is 11.8. The zero-order valence-electron chi connectivity index (χ0n) is 16.7. The number of nitrogens with two attached hydrogens (primary N) is 1. The molecule has 0 aliphatic carbocycles. The van der Waals surface area contributed by atoms with Crippen molar-refractivity contribution in [3.05, 3.63) is 48.8 Å². The molecule has 0 unspecified atom stereocenters. The quantitative estimate of drug-likeness (QED) is 0.609. The van der Waals surface area contributed by atoms with Crippen LogP contribution in [0.3, 0.4) is 0 Å². The molecule has 0 fully saturated rings. The summed E-state index contributed by atoms with van der Waals surface area (Å²) < 4.78 is 1.28. The Balaban J connectivity index is 2.60. The van der Waals surface area contributed by atoms with Crippen LogP contribution < -0.4 is 21.9 Å². The third kappa shape index (κ3) is 5.39. The number of nitrogens with zero attached hydrogens (tertiary/aromatic N) is 3. The molecule has 3 N–H and O–H groups in total. The number of aromatic nitrogens is 3. The lowest BCUT2D eigenvalue weighted by Gasteiger charge is -2.25. The summed E-state index contributed by atoms with van der Waals surface area (Å²) in [5, 5.41) is 0.193. The number of hydrogen-bond acceptors (Lipinski definition) is 5. The number of hydrogen-bond donors (Lipinski definition) is 2. The number of nitrogen functional groups attached to an aromatic ring is 1. The molecule has 10 heteroatoms. The number of nitrogens with one attached hydrogen (secondary N) is 1. The fourth-order valence-electron chi connectivity index (χ4n) is 2.77. The number of H-pyrrole nitrogens is 1. The number of carbonyl (C=O) groups is 1. The molecule has 0 saturated carbocycles. The number of amides is 1. The highest BCUT2D eigenvalue weighted by atomic mass is 35.5. The van der Waals surface area contributed by atoms with Crippen molar-refractivity contribution in [3.63, 3.8) is 0 Å². The van der Waals surface area contributed by atoms with Gasteiger partial charge in [-0.25, -0.2) is 9.78 Å². The van der Waals surface area contributed by atoms with E-state index in [-0.39, 0.29) is 39.7 Å². The minimum atomic E-state index is -0.717. The Morgan fingerprint density at radius 2 is 2.03 bits per heavy atom. The molecule has 0 saturated heterocycles. The van der Waals surface area contributed by atoms with Crippen molar-refractivity contribution in [3.8, 4) is 0 Å². The maximum Gasteiger partial charge on any atom is 0.330 e. The highest BCUT2D eigenvalue weighted by Gasteiger charge is 2.26. The van der Waals surface area contributed by atoms with Gasteiger partial charge in [-0.3, -0.25) is 19.1 Å². The lowest BCUT2D eigenvalue weighted by atomic mass is 10.1. The topological polar surface area (TPSA) is 114 Å². The smallest absolute Gasteiger partial charge is 0.330 e.